The van der Waals surface area contributed by atoms with Crippen LogP contribution in [-0.2, 0) is 24.7 Å². The maximum atomic E-state index is 12.7. The molecule has 0 bridgehead atoms. The van der Waals surface area contributed by atoms with Gasteiger partial charge in [0.15, 0.2) is 6.61 Å². The summed E-state index contributed by atoms with van der Waals surface area (Å²) in [6.07, 6.45) is 2.90. The number of nitrogens with zero attached hydrogens (tertiary/aromatic N) is 1. The summed E-state index contributed by atoms with van der Waals surface area (Å²) in [5.74, 6) is -1.77. The van der Waals surface area contributed by atoms with Crippen molar-refractivity contribution in [2.75, 3.05) is 19.7 Å². The first-order chi connectivity index (χ1) is 12.9. The standard InChI is InChI=1S/C19H25N3O5/c1-3-4-8-11-20-15(23)13-27-16(24)12-22-17(25)19(2,21-18(22)26)14-9-6-5-7-10-14/h5-7,9-10H,3-4,8,11-13H2,1-2H3,(H,20,23)(H,21,26)/t19-/m0/s1. The van der Waals surface area contributed by atoms with Crippen molar-refractivity contribution >= 4 is 23.8 Å². The number of esters is 1. The van der Waals surface area contributed by atoms with Crippen molar-refractivity contribution in [3.63, 3.8) is 0 Å². The van der Waals surface area contributed by atoms with Gasteiger partial charge in [0.25, 0.3) is 11.8 Å². The van der Waals surface area contributed by atoms with Gasteiger partial charge in [0.1, 0.15) is 12.1 Å². The van der Waals surface area contributed by atoms with Crippen molar-refractivity contribution in [2.24, 2.45) is 0 Å². The molecular weight excluding hydrogens is 350 g/mol. The van der Waals surface area contributed by atoms with Gasteiger partial charge in [-0.2, -0.15) is 0 Å². The largest absolute Gasteiger partial charge is 0.454 e. The maximum absolute atomic E-state index is 12.7. The van der Waals surface area contributed by atoms with Crippen molar-refractivity contribution in [3.05, 3.63) is 35.9 Å². The molecule has 146 valence electrons. The van der Waals surface area contributed by atoms with Gasteiger partial charge < -0.3 is 15.4 Å². The molecule has 2 rings (SSSR count). The smallest absolute Gasteiger partial charge is 0.326 e. The lowest BCUT2D eigenvalue weighted by atomic mass is 9.92. The van der Waals surface area contributed by atoms with Crippen LogP contribution in [0.25, 0.3) is 0 Å². The average molecular weight is 375 g/mol. The average Bonchev–Trinajstić information content (AvgIpc) is 2.88. The Morgan fingerprint density at radius 3 is 2.56 bits per heavy atom. The van der Waals surface area contributed by atoms with E-state index in [2.05, 4.69) is 17.6 Å². The number of hydrogen-bond acceptors (Lipinski definition) is 5. The molecule has 1 fully saturated rings. The zero-order chi connectivity index (χ0) is 19.9. The number of urea groups is 1. The van der Waals surface area contributed by atoms with Crippen molar-refractivity contribution in [2.45, 2.75) is 38.6 Å². The number of nitrogens with one attached hydrogen (secondary N) is 2. The fourth-order valence-electron chi connectivity index (χ4n) is 2.78. The number of ether oxygens (including phenoxy) is 1. The minimum absolute atomic E-state index is 0.411. The number of carbonyl (C=O) groups is 4. The van der Waals surface area contributed by atoms with Gasteiger partial charge in [-0.1, -0.05) is 50.1 Å². The van der Waals surface area contributed by atoms with E-state index < -0.39 is 42.5 Å². The molecule has 1 aliphatic heterocycles. The van der Waals surface area contributed by atoms with Gasteiger partial charge in [-0.3, -0.25) is 19.3 Å². The van der Waals surface area contributed by atoms with Crippen LogP contribution in [0, 0.1) is 0 Å². The van der Waals surface area contributed by atoms with Crippen LogP contribution in [-0.4, -0.2) is 48.4 Å². The third-order valence-electron chi connectivity index (χ3n) is 4.38. The number of rotatable bonds is 9. The van der Waals surface area contributed by atoms with Gasteiger partial charge in [0.2, 0.25) is 0 Å². The molecule has 1 aromatic carbocycles. The van der Waals surface area contributed by atoms with Crippen LogP contribution in [0.4, 0.5) is 4.79 Å². The van der Waals surface area contributed by atoms with Crippen LogP contribution < -0.4 is 10.6 Å². The van der Waals surface area contributed by atoms with Crippen molar-refractivity contribution in [1.29, 1.82) is 0 Å². The zero-order valence-corrected chi connectivity index (χ0v) is 15.6. The monoisotopic (exact) mass is 375 g/mol. The first-order valence-electron chi connectivity index (χ1n) is 9.00. The van der Waals surface area contributed by atoms with Gasteiger partial charge in [-0.05, 0) is 18.9 Å². The number of carbonyl (C=O) groups excluding carboxylic acids is 4. The maximum Gasteiger partial charge on any atom is 0.326 e. The molecule has 0 radical (unpaired) electrons. The summed E-state index contributed by atoms with van der Waals surface area (Å²) >= 11 is 0. The van der Waals surface area contributed by atoms with E-state index in [-0.39, 0.29) is 0 Å². The van der Waals surface area contributed by atoms with E-state index in [1.807, 2.05) is 0 Å². The van der Waals surface area contributed by atoms with Crippen LogP contribution >= 0.6 is 0 Å². The van der Waals surface area contributed by atoms with Crippen molar-refractivity contribution < 1.29 is 23.9 Å². The molecular formula is C19H25N3O5. The van der Waals surface area contributed by atoms with E-state index in [4.69, 9.17) is 4.74 Å². The summed E-state index contributed by atoms with van der Waals surface area (Å²) < 4.78 is 4.87. The van der Waals surface area contributed by atoms with Crippen LogP contribution in [0.3, 0.4) is 0 Å². The number of amides is 4. The van der Waals surface area contributed by atoms with Crippen LogP contribution in [0.15, 0.2) is 30.3 Å². The first-order valence-corrected chi connectivity index (χ1v) is 9.00. The molecule has 8 heteroatoms. The van der Waals surface area contributed by atoms with Gasteiger partial charge in [-0.25, -0.2) is 4.79 Å². The second kappa shape index (κ2) is 9.16. The fraction of sp³-hybridized carbons (Fsp3) is 0.474. The highest BCUT2D eigenvalue weighted by molar-refractivity contribution is 6.08. The summed E-state index contributed by atoms with van der Waals surface area (Å²) in [6, 6.07) is 8.10. The van der Waals surface area contributed by atoms with E-state index in [0.717, 1.165) is 24.2 Å². The molecule has 0 aliphatic carbocycles. The van der Waals surface area contributed by atoms with Gasteiger partial charge in [0, 0.05) is 6.54 Å². The zero-order valence-electron chi connectivity index (χ0n) is 15.6. The highest BCUT2D eigenvalue weighted by Crippen LogP contribution is 2.28. The van der Waals surface area contributed by atoms with Crippen LogP contribution in [0.1, 0.15) is 38.7 Å². The molecule has 27 heavy (non-hydrogen) atoms. The van der Waals surface area contributed by atoms with E-state index in [9.17, 15) is 19.2 Å². The molecule has 1 saturated heterocycles. The summed E-state index contributed by atoms with van der Waals surface area (Å²) in [4.78, 5) is 49.2. The molecule has 4 amide bonds. The van der Waals surface area contributed by atoms with E-state index in [1.54, 1.807) is 37.3 Å². The Morgan fingerprint density at radius 2 is 1.89 bits per heavy atom. The SMILES string of the molecule is CCCCCNC(=O)COC(=O)CN1C(=O)N[C@@](C)(c2ccccc2)C1=O. The van der Waals surface area contributed by atoms with E-state index in [1.165, 1.54) is 0 Å². The highest BCUT2D eigenvalue weighted by atomic mass is 16.5. The second-order valence-corrected chi connectivity index (χ2v) is 6.53. The first kappa shape index (κ1) is 20.4. The Bertz CT molecular complexity index is 707. The second-order valence-electron chi connectivity index (χ2n) is 6.53. The lowest BCUT2D eigenvalue weighted by molar-refractivity contribution is -0.151. The lowest BCUT2D eigenvalue weighted by Crippen LogP contribution is -2.42. The minimum Gasteiger partial charge on any atom is -0.454 e. The molecule has 0 spiro atoms. The quantitative estimate of drug-likeness (QED) is 0.385. The molecule has 0 aromatic heterocycles. The van der Waals surface area contributed by atoms with Crippen molar-refractivity contribution in [3.8, 4) is 0 Å². The van der Waals surface area contributed by atoms with Crippen LogP contribution in [0.2, 0.25) is 0 Å². The highest BCUT2D eigenvalue weighted by Gasteiger charge is 2.49. The minimum atomic E-state index is -1.24. The molecule has 1 aliphatic rings. The topological polar surface area (TPSA) is 105 Å². The number of unbranched alkanes of at least 4 members (excludes halogenated alkanes) is 2. The Labute approximate surface area is 158 Å². The Balaban J connectivity index is 1.86. The molecule has 8 nitrogen and oxygen atoms in total. The lowest BCUT2D eigenvalue weighted by Gasteiger charge is -2.21. The number of hydrogen-bond donors (Lipinski definition) is 2. The van der Waals surface area contributed by atoms with Gasteiger partial charge >= 0.3 is 12.0 Å². The van der Waals surface area contributed by atoms with E-state index in [0.29, 0.717) is 12.1 Å². The molecule has 2 N–H and O–H groups in total. The number of imide groups is 1. The Kier molecular flexibility index (Phi) is 6.92. The molecule has 1 atom stereocenters. The summed E-state index contributed by atoms with van der Waals surface area (Å²) in [5.41, 5.74) is -0.624. The fourth-order valence-corrected chi connectivity index (χ4v) is 2.78. The molecule has 1 aromatic rings. The van der Waals surface area contributed by atoms with Crippen LogP contribution in [0.5, 0.6) is 0 Å². The Morgan fingerprint density at radius 1 is 1.19 bits per heavy atom. The van der Waals surface area contributed by atoms with Gasteiger partial charge in [-0.15, -0.1) is 0 Å². The van der Waals surface area contributed by atoms with Gasteiger partial charge in [0.05, 0.1) is 0 Å². The summed E-state index contributed by atoms with van der Waals surface area (Å²) in [5, 5.41) is 5.25. The van der Waals surface area contributed by atoms with Crippen molar-refractivity contribution in [1.82, 2.24) is 15.5 Å². The predicted molar refractivity (Wildman–Crippen MR) is 97.5 cm³/mol. The normalized spacial score (nSPS) is 19.0. The predicted octanol–water partition coefficient (Wildman–Crippen LogP) is 1.30. The third-order valence-corrected chi connectivity index (χ3v) is 4.38. The number of benzene rings is 1. The molecule has 0 saturated carbocycles. The van der Waals surface area contributed by atoms with E-state index >= 15 is 0 Å². The molecule has 1 heterocycles. The molecule has 0 unspecified atom stereocenters. The Hall–Kier alpha value is -2.90. The summed E-state index contributed by atoms with van der Waals surface area (Å²) in [7, 11) is 0. The summed E-state index contributed by atoms with van der Waals surface area (Å²) in [6.45, 7) is 3.17. The third kappa shape index (κ3) is 5.06.